The van der Waals surface area contributed by atoms with Crippen LogP contribution in [0.25, 0.3) is 72.0 Å². The van der Waals surface area contributed by atoms with Crippen molar-refractivity contribution in [3.63, 3.8) is 0 Å². The highest BCUT2D eigenvalue weighted by molar-refractivity contribution is 6.09. The fourth-order valence-electron chi connectivity index (χ4n) is 8.15. The van der Waals surface area contributed by atoms with Crippen LogP contribution in [0.15, 0.2) is 224 Å². The third-order valence-corrected chi connectivity index (χ3v) is 11.1. The maximum absolute atomic E-state index is 5.39. The van der Waals surface area contributed by atoms with Crippen molar-refractivity contribution in [3.8, 4) is 55.9 Å². The van der Waals surface area contributed by atoms with E-state index in [1.165, 1.54) is 55.2 Å². The summed E-state index contributed by atoms with van der Waals surface area (Å²) < 4.78 is 7.76. The first-order chi connectivity index (χ1) is 28.7. The SMILES string of the molecule is COc1ccc(-c2ccc(N(c3ccc(-c4ccc(-n5c6ccccc6c6ccccc65)cc4)cc3)c3ccc(-c4cccc(-c5ccccc5)c4)cc3)cc2)cc1. The van der Waals surface area contributed by atoms with E-state index in [0.717, 1.165) is 39.6 Å². The molecule has 0 fully saturated rings. The van der Waals surface area contributed by atoms with Gasteiger partial charge in [0, 0.05) is 33.5 Å². The van der Waals surface area contributed by atoms with Gasteiger partial charge < -0.3 is 14.2 Å². The molecular formula is C55H40N2O. The van der Waals surface area contributed by atoms with Gasteiger partial charge in [-0.25, -0.2) is 0 Å². The quantitative estimate of drug-likeness (QED) is 0.146. The molecule has 0 bridgehead atoms. The maximum Gasteiger partial charge on any atom is 0.118 e. The second kappa shape index (κ2) is 15.1. The number of methoxy groups -OCH3 is 1. The van der Waals surface area contributed by atoms with Crippen molar-refractivity contribution in [3.05, 3.63) is 224 Å². The largest absolute Gasteiger partial charge is 0.497 e. The van der Waals surface area contributed by atoms with E-state index in [9.17, 15) is 0 Å². The maximum atomic E-state index is 5.39. The number of anilines is 3. The number of nitrogens with zero attached hydrogens (tertiary/aromatic N) is 2. The monoisotopic (exact) mass is 744 g/mol. The molecule has 10 rings (SSSR count). The third-order valence-electron chi connectivity index (χ3n) is 11.1. The summed E-state index contributed by atoms with van der Waals surface area (Å²) in [7, 11) is 1.70. The van der Waals surface area contributed by atoms with Gasteiger partial charge in [-0.15, -0.1) is 0 Å². The Morgan fingerprint density at radius 2 is 0.690 bits per heavy atom. The van der Waals surface area contributed by atoms with E-state index in [1.54, 1.807) is 7.11 Å². The number of para-hydroxylation sites is 2. The number of benzene rings is 9. The molecule has 10 aromatic rings. The molecule has 0 aliphatic carbocycles. The Bertz CT molecular complexity index is 2930. The van der Waals surface area contributed by atoms with Gasteiger partial charge in [-0.3, -0.25) is 0 Å². The van der Waals surface area contributed by atoms with Crippen LogP contribution < -0.4 is 9.64 Å². The number of ether oxygens (including phenoxy) is 1. The molecule has 0 aliphatic heterocycles. The van der Waals surface area contributed by atoms with Gasteiger partial charge in [0.05, 0.1) is 18.1 Å². The molecule has 0 aliphatic rings. The van der Waals surface area contributed by atoms with Gasteiger partial charge in [-0.05, 0) is 123 Å². The van der Waals surface area contributed by atoms with E-state index < -0.39 is 0 Å². The van der Waals surface area contributed by atoms with E-state index in [2.05, 4.69) is 222 Å². The minimum Gasteiger partial charge on any atom is -0.497 e. The zero-order chi connectivity index (χ0) is 38.8. The van der Waals surface area contributed by atoms with Crippen molar-refractivity contribution < 1.29 is 4.74 Å². The highest BCUT2D eigenvalue weighted by atomic mass is 16.5. The summed E-state index contributed by atoms with van der Waals surface area (Å²) in [5.41, 5.74) is 16.3. The van der Waals surface area contributed by atoms with Crippen LogP contribution in [0.3, 0.4) is 0 Å². The van der Waals surface area contributed by atoms with Gasteiger partial charge in [-0.2, -0.15) is 0 Å². The van der Waals surface area contributed by atoms with Crippen LogP contribution >= 0.6 is 0 Å². The van der Waals surface area contributed by atoms with Crippen molar-refractivity contribution in [2.45, 2.75) is 0 Å². The molecule has 0 saturated carbocycles. The van der Waals surface area contributed by atoms with Crippen molar-refractivity contribution in [2.75, 3.05) is 12.0 Å². The molecule has 0 saturated heterocycles. The molecule has 9 aromatic carbocycles. The van der Waals surface area contributed by atoms with Crippen molar-refractivity contribution in [2.24, 2.45) is 0 Å². The lowest BCUT2D eigenvalue weighted by Crippen LogP contribution is -2.09. The zero-order valence-corrected chi connectivity index (χ0v) is 32.2. The van der Waals surface area contributed by atoms with Gasteiger partial charge >= 0.3 is 0 Å². The Labute approximate surface area is 339 Å². The fraction of sp³-hybridized carbons (Fsp3) is 0.0182. The Morgan fingerprint density at radius 3 is 1.16 bits per heavy atom. The first-order valence-electron chi connectivity index (χ1n) is 19.7. The van der Waals surface area contributed by atoms with Crippen LogP contribution in [0.1, 0.15) is 0 Å². The van der Waals surface area contributed by atoms with Crippen LogP contribution in [0.4, 0.5) is 17.1 Å². The highest BCUT2D eigenvalue weighted by Crippen LogP contribution is 2.39. The molecule has 58 heavy (non-hydrogen) atoms. The summed E-state index contributed by atoms with van der Waals surface area (Å²) in [5, 5.41) is 2.54. The summed E-state index contributed by atoms with van der Waals surface area (Å²) in [5.74, 6) is 0.851. The summed E-state index contributed by atoms with van der Waals surface area (Å²) in [6, 6.07) is 80.4. The van der Waals surface area contributed by atoms with E-state index in [-0.39, 0.29) is 0 Å². The number of aromatic nitrogens is 1. The lowest BCUT2D eigenvalue weighted by molar-refractivity contribution is 0.415. The van der Waals surface area contributed by atoms with E-state index in [0.29, 0.717) is 0 Å². The third kappa shape index (κ3) is 6.59. The Hall–Kier alpha value is -7.62. The lowest BCUT2D eigenvalue weighted by atomic mass is 9.98. The number of hydrogen-bond acceptors (Lipinski definition) is 2. The van der Waals surface area contributed by atoms with Crippen LogP contribution in [0.2, 0.25) is 0 Å². The summed E-state index contributed by atoms with van der Waals surface area (Å²) in [6.45, 7) is 0. The van der Waals surface area contributed by atoms with Gasteiger partial charge in [0.1, 0.15) is 5.75 Å². The number of fused-ring (bicyclic) bond motifs is 3. The normalized spacial score (nSPS) is 11.2. The molecule has 276 valence electrons. The predicted octanol–water partition coefficient (Wildman–Crippen LogP) is 14.9. The Balaban J connectivity index is 0.979. The van der Waals surface area contributed by atoms with Crippen molar-refractivity contribution >= 4 is 38.9 Å². The molecule has 3 nitrogen and oxygen atoms in total. The second-order valence-electron chi connectivity index (χ2n) is 14.6. The molecule has 0 unspecified atom stereocenters. The number of rotatable bonds is 9. The standard InChI is InChI=1S/C55H40N2O/c1-58-51-36-26-43(27-37-51)42-20-30-48(31-21-42)56(49-32-24-44(25-33-49)46-13-9-12-45(38-46)39-10-3-2-4-11-39)47-28-18-40(19-29-47)41-22-34-50(35-23-41)57-54-16-7-5-14-52(54)53-15-6-8-17-55(53)57/h2-38H,1H3. The highest BCUT2D eigenvalue weighted by Gasteiger charge is 2.15. The van der Waals surface area contributed by atoms with E-state index in [4.69, 9.17) is 4.74 Å². The average molecular weight is 745 g/mol. The van der Waals surface area contributed by atoms with Crippen LogP contribution in [-0.2, 0) is 0 Å². The molecule has 0 radical (unpaired) electrons. The Morgan fingerprint density at radius 1 is 0.328 bits per heavy atom. The topological polar surface area (TPSA) is 17.4 Å². The predicted molar refractivity (Wildman–Crippen MR) is 244 cm³/mol. The van der Waals surface area contributed by atoms with Crippen LogP contribution in [0.5, 0.6) is 5.75 Å². The van der Waals surface area contributed by atoms with Gasteiger partial charge in [0.25, 0.3) is 0 Å². The summed E-state index contributed by atoms with van der Waals surface area (Å²) >= 11 is 0. The summed E-state index contributed by atoms with van der Waals surface area (Å²) in [4.78, 5) is 2.33. The average Bonchev–Trinajstić information content (AvgIpc) is 3.65. The molecule has 1 heterocycles. The molecule has 0 amide bonds. The Kier molecular flexibility index (Phi) is 9.09. The molecule has 0 atom stereocenters. The summed E-state index contributed by atoms with van der Waals surface area (Å²) in [6.07, 6.45) is 0. The molecule has 1 aromatic heterocycles. The van der Waals surface area contributed by atoms with E-state index >= 15 is 0 Å². The molecule has 0 spiro atoms. The van der Waals surface area contributed by atoms with Gasteiger partial charge in [0.2, 0.25) is 0 Å². The molecule has 0 N–H and O–H groups in total. The van der Waals surface area contributed by atoms with E-state index in [1.807, 2.05) is 12.1 Å². The molecular weight excluding hydrogens is 705 g/mol. The van der Waals surface area contributed by atoms with Crippen molar-refractivity contribution in [1.82, 2.24) is 4.57 Å². The fourth-order valence-corrected chi connectivity index (χ4v) is 8.15. The lowest BCUT2D eigenvalue weighted by Gasteiger charge is -2.26. The smallest absolute Gasteiger partial charge is 0.118 e. The number of hydrogen-bond donors (Lipinski definition) is 0. The van der Waals surface area contributed by atoms with Gasteiger partial charge in [0.15, 0.2) is 0 Å². The minimum atomic E-state index is 0.851. The van der Waals surface area contributed by atoms with Crippen LogP contribution in [-0.4, -0.2) is 11.7 Å². The van der Waals surface area contributed by atoms with Crippen LogP contribution in [0, 0.1) is 0 Å². The second-order valence-corrected chi connectivity index (χ2v) is 14.6. The molecule has 3 heteroatoms. The van der Waals surface area contributed by atoms with Crippen molar-refractivity contribution in [1.29, 1.82) is 0 Å². The minimum absolute atomic E-state index is 0.851. The first-order valence-corrected chi connectivity index (χ1v) is 19.7. The first kappa shape index (κ1) is 34.8. The zero-order valence-electron chi connectivity index (χ0n) is 32.2. The van der Waals surface area contributed by atoms with Gasteiger partial charge in [-0.1, -0.05) is 146 Å².